The minimum absolute atomic E-state index is 0. The number of nitrogens with two attached hydrogens (primary N) is 1. The molecule has 0 heterocycles. The number of hydrogen-bond donors (Lipinski definition) is 2. The van der Waals surface area contributed by atoms with Gasteiger partial charge in [0.15, 0.2) is 0 Å². The highest BCUT2D eigenvalue weighted by Gasteiger charge is 2.28. The van der Waals surface area contributed by atoms with Crippen molar-refractivity contribution in [2.45, 2.75) is 62.8 Å². The molecule has 2 rings (SSSR count). The van der Waals surface area contributed by atoms with Gasteiger partial charge in [-0.25, -0.2) is 13.1 Å². The number of aryl methyl sites for hydroxylation is 2. The Hall–Kier alpha value is -0.620. The van der Waals surface area contributed by atoms with Crippen LogP contribution < -0.4 is 10.5 Å². The van der Waals surface area contributed by atoms with Crippen molar-refractivity contribution in [1.82, 2.24) is 4.72 Å². The largest absolute Gasteiger partial charge is 0.324 e. The molecule has 22 heavy (non-hydrogen) atoms. The van der Waals surface area contributed by atoms with Crippen LogP contribution in [0.5, 0.6) is 0 Å². The summed E-state index contributed by atoms with van der Waals surface area (Å²) in [4.78, 5) is 0.361. The summed E-state index contributed by atoms with van der Waals surface area (Å²) in [6, 6.07) is 5.48. The molecule has 1 aromatic carbocycles. The Morgan fingerprint density at radius 2 is 1.73 bits per heavy atom. The Morgan fingerprint density at radius 1 is 1.14 bits per heavy atom. The Kier molecular flexibility index (Phi) is 6.86. The second-order valence-corrected chi connectivity index (χ2v) is 8.11. The van der Waals surface area contributed by atoms with Crippen molar-refractivity contribution in [1.29, 1.82) is 0 Å². The molecule has 0 radical (unpaired) electrons. The van der Waals surface area contributed by atoms with E-state index in [9.17, 15) is 8.42 Å². The standard InChI is InChI=1S/C16H26N2O2S.ClH/c1-13-7-8-14(2)15(11-13)21(19,20)18-12-16(17)9-5-3-4-6-10-16;/h7-8,11,18H,3-6,9-10,12,17H2,1-2H3;1H. The number of sulfonamides is 1. The normalized spacial score (nSPS) is 18.3. The maximum absolute atomic E-state index is 12.5. The lowest BCUT2D eigenvalue weighted by Crippen LogP contribution is -2.49. The summed E-state index contributed by atoms with van der Waals surface area (Å²) in [6.45, 7) is 4.04. The SMILES string of the molecule is Cc1ccc(C)c(S(=O)(=O)NCC2(N)CCCCCC2)c1.Cl. The minimum Gasteiger partial charge on any atom is -0.324 e. The molecule has 0 unspecified atom stereocenters. The van der Waals surface area contributed by atoms with Crippen molar-refractivity contribution in [3.63, 3.8) is 0 Å². The summed E-state index contributed by atoms with van der Waals surface area (Å²) >= 11 is 0. The molecule has 0 atom stereocenters. The van der Waals surface area contributed by atoms with Crippen LogP contribution in [0.25, 0.3) is 0 Å². The topological polar surface area (TPSA) is 72.2 Å². The van der Waals surface area contributed by atoms with Crippen LogP contribution in [0.4, 0.5) is 0 Å². The van der Waals surface area contributed by atoms with Crippen LogP contribution in [-0.2, 0) is 10.0 Å². The maximum atomic E-state index is 12.5. The van der Waals surface area contributed by atoms with Crippen LogP contribution in [0, 0.1) is 13.8 Å². The first-order valence-electron chi connectivity index (χ1n) is 7.68. The number of rotatable bonds is 4. The molecule has 0 aliphatic heterocycles. The fraction of sp³-hybridized carbons (Fsp3) is 0.625. The molecule has 1 aliphatic carbocycles. The molecule has 1 aromatic rings. The van der Waals surface area contributed by atoms with Crippen molar-refractivity contribution in [2.24, 2.45) is 5.73 Å². The molecule has 0 amide bonds. The number of hydrogen-bond acceptors (Lipinski definition) is 3. The van der Waals surface area contributed by atoms with Crippen LogP contribution in [0.1, 0.15) is 49.7 Å². The average Bonchev–Trinajstić information content (AvgIpc) is 2.65. The molecule has 0 bridgehead atoms. The Labute approximate surface area is 140 Å². The molecule has 4 nitrogen and oxygen atoms in total. The summed E-state index contributed by atoms with van der Waals surface area (Å²) in [5.41, 5.74) is 7.69. The van der Waals surface area contributed by atoms with Gasteiger partial charge in [0.25, 0.3) is 0 Å². The lowest BCUT2D eigenvalue weighted by Gasteiger charge is -2.28. The average molecular weight is 347 g/mol. The first-order chi connectivity index (χ1) is 9.82. The van der Waals surface area contributed by atoms with Gasteiger partial charge in [-0.15, -0.1) is 12.4 Å². The van der Waals surface area contributed by atoms with Crippen molar-refractivity contribution in [3.8, 4) is 0 Å². The van der Waals surface area contributed by atoms with Gasteiger partial charge >= 0.3 is 0 Å². The van der Waals surface area contributed by atoms with E-state index < -0.39 is 15.6 Å². The van der Waals surface area contributed by atoms with Crippen molar-refractivity contribution in [3.05, 3.63) is 29.3 Å². The van der Waals surface area contributed by atoms with Gasteiger partial charge in [-0.3, -0.25) is 0 Å². The van der Waals surface area contributed by atoms with Gasteiger partial charge in [0.1, 0.15) is 0 Å². The van der Waals surface area contributed by atoms with E-state index in [1.165, 1.54) is 12.8 Å². The fourth-order valence-electron chi connectivity index (χ4n) is 2.92. The molecule has 0 spiro atoms. The first kappa shape index (κ1) is 19.4. The van der Waals surface area contributed by atoms with E-state index >= 15 is 0 Å². The number of nitrogens with one attached hydrogen (secondary N) is 1. The predicted molar refractivity (Wildman–Crippen MR) is 93.0 cm³/mol. The van der Waals surface area contributed by atoms with Crippen LogP contribution in [-0.4, -0.2) is 20.5 Å². The lowest BCUT2D eigenvalue weighted by atomic mass is 9.92. The van der Waals surface area contributed by atoms with Gasteiger partial charge < -0.3 is 5.73 Å². The van der Waals surface area contributed by atoms with E-state index in [-0.39, 0.29) is 12.4 Å². The van der Waals surface area contributed by atoms with Crippen LogP contribution >= 0.6 is 12.4 Å². The molecule has 0 saturated heterocycles. The zero-order chi connectivity index (χ0) is 15.5. The van der Waals surface area contributed by atoms with Crippen LogP contribution in [0.2, 0.25) is 0 Å². The molecular weight excluding hydrogens is 320 g/mol. The third kappa shape index (κ3) is 4.95. The monoisotopic (exact) mass is 346 g/mol. The maximum Gasteiger partial charge on any atom is 0.240 e. The fourth-order valence-corrected chi connectivity index (χ4v) is 4.39. The number of halogens is 1. The molecule has 1 aliphatic rings. The van der Waals surface area contributed by atoms with Crippen molar-refractivity contribution in [2.75, 3.05) is 6.54 Å². The van der Waals surface area contributed by atoms with E-state index in [4.69, 9.17) is 5.73 Å². The summed E-state index contributed by atoms with van der Waals surface area (Å²) < 4.78 is 27.7. The molecule has 1 saturated carbocycles. The number of benzene rings is 1. The molecular formula is C16H27ClN2O2S. The summed E-state index contributed by atoms with van der Waals surface area (Å²) in [6.07, 6.45) is 6.35. The zero-order valence-corrected chi connectivity index (χ0v) is 15.0. The first-order valence-corrected chi connectivity index (χ1v) is 9.17. The lowest BCUT2D eigenvalue weighted by molar-refractivity contribution is 0.369. The Morgan fingerprint density at radius 3 is 2.32 bits per heavy atom. The summed E-state index contributed by atoms with van der Waals surface area (Å²) in [5.74, 6) is 0. The highest BCUT2D eigenvalue weighted by Crippen LogP contribution is 2.25. The second kappa shape index (κ2) is 7.77. The third-order valence-electron chi connectivity index (χ3n) is 4.35. The third-order valence-corrected chi connectivity index (χ3v) is 5.89. The summed E-state index contributed by atoms with van der Waals surface area (Å²) in [5, 5.41) is 0. The molecule has 0 aromatic heterocycles. The molecule has 126 valence electrons. The zero-order valence-electron chi connectivity index (χ0n) is 13.4. The highest BCUT2D eigenvalue weighted by atomic mass is 35.5. The van der Waals surface area contributed by atoms with Gasteiger partial charge in [-0.05, 0) is 43.9 Å². The van der Waals surface area contributed by atoms with E-state index in [2.05, 4.69) is 4.72 Å². The van der Waals surface area contributed by atoms with Crippen molar-refractivity contribution < 1.29 is 8.42 Å². The summed E-state index contributed by atoms with van der Waals surface area (Å²) in [7, 11) is -3.49. The minimum atomic E-state index is -3.49. The van der Waals surface area contributed by atoms with Gasteiger partial charge in [0, 0.05) is 12.1 Å². The smallest absolute Gasteiger partial charge is 0.240 e. The Balaban J connectivity index is 0.00000242. The second-order valence-electron chi connectivity index (χ2n) is 6.37. The highest BCUT2D eigenvalue weighted by molar-refractivity contribution is 7.89. The molecule has 6 heteroatoms. The van der Waals surface area contributed by atoms with Crippen LogP contribution in [0.3, 0.4) is 0 Å². The Bertz CT molecular complexity index is 594. The predicted octanol–water partition coefficient (Wildman–Crippen LogP) is 3.06. The van der Waals surface area contributed by atoms with Gasteiger partial charge in [-0.2, -0.15) is 0 Å². The van der Waals surface area contributed by atoms with Gasteiger partial charge in [-0.1, -0.05) is 37.8 Å². The van der Waals surface area contributed by atoms with E-state index in [0.717, 1.165) is 36.8 Å². The van der Waals surface area contributed by atoms with E-state index in [1.807, 2.05) is 26.0 Å². The van der Waals surface area contributed by atoms with Crippen molar-refractivity contribution >= 4 is 22.4 Å². The molecule has 1 fully saturated rings. The van der Waals surface area contributed by atoms with Gasteiger partial charge in [0.2, 0.25) is 10.0 Å². The van der Waals surface area contributed by atoms with E-state index in [1.54, 1.807) is 6.07 Å². The van der Waals surface area contributed by atoms with Gasteiger partial charge in [0.05, 0.1) is 4.90 Å². The quantitative estimate of drug-likeness (QED) is 0.823. The molecule has 3 N–H and O–H groups in total. The van der Waals surface area contributed by atoms with E-state index in [0.29, 0.717) is 11.4 Å². The van der Waals surface area contributed by atoms with Crippen LogP contribution in [0.15, 0.2) is 23.1 Å².